The van der Waals surface area contributed by atoms with Crippen LogP contribution >= 0.6 is 7.14 Å². The van der Waals surface area contributed by atoms with Crippen molar-refractivity contribution in [3.8, 4) is 0 Å². The van der Waals surface area contributed by atoms with Crippen LogP contribution in [0.5, 0.6) is 0 Å². The van der Waals surface area contributed by atoms with Gasteiger partial charge in [0.2, 0.25) is 0 Å². The standard InChI is InChI=1S/C19H22N5O6P/c1-31(2,28)10-29-19-14(26)13(25)18(30-19)24-9-22-12-15(20-8-21-16(12)24)23-17(27)11-6-4-3-5-7-11/h3-9,13-14,18-19,25-26H,10H2,1-2H3,(H,20,21,23,27)/t13?,14-,18-,19+/m1/s1. The molecule has 1 unspecified atom stereocenters. The van der Waals surface area contributed by atoms with Crippen molar-refractivity contribution in [2.45, 2.75) is 24.7 Å². The number of aliphatic hydroxyl groups excluding tert-OH is 2. The van der Waals surface area contributed by atoms with Crippen LogP contribution in [0.15, 0.2) is 43.0 Å². The smallest absolute Gasteiger partial charge is 0.256 e. The molecule has 3 heterocycles. The molecule has 1 saturated heterocycles. The molecule has 0 radical (unpaired) electrons. The molecule has 4 atom stereocenters. The van der Waals surface area contributed by atoms with Crippen molar-refractivity contribution in [1.29, 1.82) is 0 Å². The fraction of sp³-hybridized carbons (Fsp3) is 0.368. The number of hydrogen-bond donors (Lipinski definition) is 3. The second-order valence-electron chi connectivity index (χ2n) is 7.61. The van der Waals surface area contributed by atoms with Crippen molar-refractivity contribution in [3.05, 3.63) is 48.5 Å². The molecule has 1 fully saturated rings. The molecule has 31 heavy (non-hydrogen) atoms. The highest BCUT2D eigenvalue weighted by Crippen LogP contribution is 2.39. The molecular weight excluding hydrogens is 425 g/mol. The number of benzene rings is 1. The lowest BCUT2D eigenvalue weighted by Crippen LogP contribution is -2.33. The van der Waals surface area contributed by atoms with Gasteiger partial charge in [-0.05, 0) is 25.5 Å². The van der Waals surface area contributed by atoms with E-state index in [0.717, 1.165) is 0 Å². The summed E-state index contributed by atoms with van der Waals surface area (Å²) in [6.45, 7) is 3.10. The van der Waals surface area contributed by atoms with Crippen LogP contribution in [-0.2, 0) is 14.0 Å². The maximum Gasteiger partial charge on any atom is 0.256 e. The number of nitrogens with one attached hydrogen (secondary N) is 1. The van der Waals surface area contributed by atoms with Gasteiger partial charge in [0.05, 0.1) is 6.33 Å². The van der Waals surface area contributed by atoms with E-state index in [1.807, 2.05) is 0 Å². The fourth-order valence-electron chi connectivity index (χ4n) is 3.15. The number of amides is 1. The summed E-state index contributed by atoms with van der Waals surface area (Å²) in [6.07, 6.45) is -2.39. The SMILES string of the molecule is CP(C)(=O)CO[C@H]1O[C@@H](n2cnc3c(NC(=O)c4ccccc4)ncnc32)C(O)[C@H]1O. The van der Waals surface area contributed by atoms with Crippen molar-refractivity contribution in [1.82, 2.24) is 19.5 Å². The van der Waals surface area contributed by atoms with E-state index in [1.54, 1.807) is 43.7 Å². The lowest BCUT2D eigenvalue weighted by molar-refractivity contribution is -0.165. The Balaban J connectivity index is 1.58. The Morgan fingerprint density at radius 2 is 1.94 bits per heavy atom. The second kappa shape index (κ2) is 8.45. The summed E-state index contributed by atoms with van der Waals surface area (Å²) in [4.78, 5) is 25.0. The monoisotopic (exact) mass is 447 g/mol. The van der Waals surface area contributed by atoms with Gasteiger partial charge in [-0.1, -0.05) is 18.2 Å². The summed E-state index contributed by atoms with van der Waals surface area (Å²) in [5, 5.41) is 23.4. The Labute approximate surface area is 177 Å². The Hall–Kier alpha value is -2.69. The van der Waals surface area contributed by atoms with Gasteiger partial charge in [0.15, 0.2) is 29.5 Å². The zero-order valence-electron chi connectivity index (χ0n) is 16.8. The first kappa shape index (κ1) is 21.5. The molecule has 0 aliphatic carbocycles. The van der Waals surface area contributed by atoms with Crippen LogP contribution < -0.4 is 5.32 Å². The minimum absolute atomic E-state index is 0.101. The van der Waals surface area contributed by atoms with E-state index in [9.17, 15) is 19.6 Å². The minimum atomic E-state index is -2.50. The molecule has 164 valence electrons. The summed E-state index contributed by atoms with van der Waals surface area (Å²) in [6, 6.07) is 8.64. The van der Waals surface area contributed by atoms with E-state index >= 15 is 0 Å². The van der Waals surface area contributed by atoms with Gasteiger partial charge >= 0.3 is 0 Å². The molecule has 1 aliphatic rings. The maximum absolute atomic E-state index is 12.5. The molecular formula is C19H22N5O6P. The van der Waals surface area contributed by atoms with E-state index in [4.69, 9.17) is 9.47 Å². The molecule has 12 heteroatoms. The molecule has 2 aromatic heterocycles. The molecule has 3 N–H and O–H groups in total. The van der Waals surface area contributed by atoms with E-state index < -0.39 is 31.9 Å². The van der Waals surface area contributed by atoms with Gasteiger partial charge in [0.1, 0.15) is 32.0 Å². The van der Waals surface area contributed by atoms with Crippen LogP contribution in [0.4, 0.5) is 5.82 Å². The highest BCUT2D eigenvalue weighted by Gasteiger charge is 2.45. The highest BCUT2D eigenvalue weighted by atomic mass is 31.2. The average molecular weight is 447 g/mol. The first-order chi connectivity index (χ1) is 14.7. The predicted molar refractivity (Wildman–Crippen MR) is 111 cm³/mol. The van der Waals surface area contributed by atoms with Crippen LogP contribution in [0, 0.1) is 0 Å². The van der Waals surface area contributed by atoms with Crippen molar-refractivity contribution < 1.29 is 29.0 Å². The number of carbonyl (C=O) groups is 1. The number of fused-ring (bicyclic) bond motifs is 1. The van der Waals surface area contributed by atoms with Gasteiger partial charge in [0, 0.05) is 5.56 Å². The quantitative estimate of drug-likeness (QED) is 0.475. The van der Waals surface area contributed by atoms with Gasteiger partial charge in [-0.25, -0.2) is 15.0 Å². The minimum Gasteiger partial charge on any atom is -0.385 e. The van der Waals surface area contributed by atoms with Crippen LogP contribution in [0.1, 0.15) is 16.6 Å². The highest BCUT2D eigenvalue weighted by molar-refractivity contribution is 7.62. The molecule has 4 rings (SSSR count). The van der Waals surface area contributed by atoms with Crippen LogP contribution in [0.2, 0.25) is 0 Å². The van der Waals surface area contributed by atoms with E-state index in [2.05, 4.69) is 20.3 Å². The number of ether oxygens (including phenoxy) is 2. The van der Waals surface area contributed by atoms with E-state index in [-0.39, 0.29) is 29.2 Å². The maximum atomic E-state index is 12.5. The molecule has 11 nitrogen and oxygen atoms in total. The Kier molecular flexibility index (Phi) is 5.87. The van der Waals surface area contributed by atoms with E-state index in [0.29, 0.717) is 5.56 Å². The van der Waals surface area contributed by atoms with Crippen molar-refractivity contribution in [2.75, 3.05) is 25.0 Å². The largest absolute Gasteiger partial charge is 0.385 e. The van der Waals surface area contributed by atoms with E-state index in [1.165, 1.54) is 17.2 Å². The third-order valence-corrected chi connectivity index (χ3v) is 5.42. The predicted octanol–water partition coefficient (Wildman–Crippen LogP) is 1.25. The summed E-state index contributed by atoms with van der Waals surface area (Å²) in [7, 11) is -2.50. The second-order valence-corrected chi connectivity index (χ2v) is 11.0. The first-order valence-corrected chi connectivity index (χ1v) is 12.2. The number of aromatic nitrogens is 4. The van der Waals surface area contributed by atoms with Crippen molar-refractivity contribution >= 4 is 30.0 Å². The van der Waals surface area contributed by atoms with Gasteiger partial charge in [-0.3, -0.25) is 9.36 Å². The topological polar surface area (TPSA) is 149 Å². The molecule has 1 aliphatic heterocycles. The van der Waals surface area contributed by atoms with Gasteiger partial charge in [-0.15, -0.1) is 0 Å². The molecule has 0 saturated carbocycles. The number of rotatable bonds is 6. The first-order valence-electron chi connectivity index (χ1n) is 9.46. The zero-order valence-corrected chi connectivity index (χ0v) is 17.7. The summed E-state index contributed by atoms with van der Waals surface area (Å²) < 4.78 is 24.4. The van der Waals surface area contributed by atoms with Gasteiger partial charge in [0.25, 0.3) is 5.91 Å². The molecule has 0 spiro atoms. The van der Waals surface area contributed by atoms with Crippen LogP contribution in [0.25, 0.3) is 11.2 Å². The Morgan fingerprint density at radius 1 is 1.19 bits per heavy atom. The summed E-state index contributed by atoms with van der Waals surface area (Å²) in [5.74, 6) is -0.170. The average Bonchev–Trinajstić information content (AvgIpc) is 3.29. The van der Waals surface area contributed by atoms with Crippen LogP contribution in [-0.4, -0.2) is 73.8 Å². The summed E-state index contributed by atoms with van der Waals surface area (Å²) in [5.41, 5.74) is 1.02. The number of carbonyl (C=O) groups excluding carboxylic acids is 1. The molecule has 1 amide bonds. The van der Waals surface area contributed by atoms with Crippen molar-refractivity contribution in [3.63, 3.8) is 0 Å². The Morgan fingerprint density at radius 3 is 2.65 bits per heavy atom. The van der Waals surface area contributed by atoms with Crippen LogP contribution in [0.3, 0.4) is 0 Å². The molecule has 1 aromatic carbocycles. The molecule has 0 bridgehead atoms. The molecule has 3 aromatic rings. The Bertz CT molecular complexity index is 1130. The summed E-state index contributed by atoms with van der Waals surface area (Å²) >= 11 is 0. The third kappa shape index (κ3) is 4.51. The third-order valence-electron chi connectivity index (χ3n) is 4.65. The number of hydrogen-bond acceptors (Lipinski definition) is 9. The zero-order chi connectivity index (χ0) is 22.2. The number of aliphatic hydroxyl groups is 2. The number of nitrogens with zero attached hydrogens (tertiary/aromatic N) is 4. The number of anilines is 1. The number of imidazole rings is 1. The lowest BCUT2D eigenvalue weighted by atomic mass is 10.2. The van der Waals surface area contributed by atoms with Gasteiger partial charge < -0.3 is 29.6 Å². The lowest BCUT2D eigenvalue weighted by Gasteiger charge is -2.17. The fourth-order valence-corrected chi connectivity index (χ4v) is 3.65. The normalized spacial score (nSPS) is 23.9. The van der Waals surface area contributed by atoms with Gasteiger partial charge in [-0.2, -0.15) is 0 Å². The van der Waals surface area contributed by atoms with Crippen molar-refractivity contribution in [2.24, 2.45) is 0 Å².